The van der Waals surface area contributed by atoms with Gasteiger partial charge in [-0.1, -0.05) is 117 Å². The number of aliphatic hydroxyl groups excluding tert-OH is 1. The van der Waals surface area contributed by atoms with Gasteiger partial charge in [0.05, 0.1) is 44.3 Å². The molecule has 5 N–H and O–H groups in total. The van der Waals surface area contributed by atoms with Gasteiger partial charge in [-0.15, -0.1) is 0 Å². The maximum absolute atomic E-state index is 14.1. The van der Waals surface area contributed by atoms with Gasteiger partial charge in [0.25, 0.3) is 0 Å². The van der Waals surface area contributed by atoms with Crippen molar-refractivity contribution in [3.63, 3.8) is 0 Å². The number of nitrogens with one attached hydrogen (secondary N) is 4. The van der Waals surface area contributed by atoms with Crippen molar-refractivity contribution in [2.24, 2.45) is 23.7 Å². The van der Waals surface area contributed by atoms with E-state index in [4.69, 9.17) is 58.5 Å². The number of halogens is 3. The number of rotatable bonds is 26. The molecule has 0 heterocycles. The van der Waals surface area contributed by atoms with E-state index in [2.05, 4.69) is 21.3 Å². The lowest BCUT2D eigenvalue weighted by Crippen LogP contribution is -2.58. The molecule has 0 aliphatic carbocycles. The molecule has 0 saturated heterocycles. The molecule has 1 aromatic carbocycles. The van der Waals surface area contributed by atoms with E-state index < -0.39 is 124 Å². The van der Waals surface area contributed by atoms with Crippen LogP contribution in [0, 0.1) is 23.7 Å². The van der Waals surface area contributed by atoms with Crippen LogP contribution in [0.1, 0.15) is 87.6 Å². The molecule has 0 fully saturated rings. The Balaban J connectivity index is 3.46. The fraction of sp³-hybridized carbons (Fsp3) is 0.633. The minimum Gasteiger partial charge on any atom is -0.467 e. The Labute approximate surface area is 432 Å². The summed E-state index contributed by atoms with van der Waals surface area (Å²) in [6.45, 7) is 15.6. The van der Waals surface area contributed by atoms with Gasteiger partial charge in [0.15, 0.2) is 0 Å². The number of carbonyl (C=O) groups is 8. The van der Waals surface area contributed by atoms with E-state index in [9.17, 15) is 43.5 Å². The van der Waals surface area contributed by atoms with Crippen molar-refractivity contribution >= 4 is 82.4 Å². The third kappa shape index (κ3) is 23.0. The van der Waals surface area contributed by atoms with Gasteiger partial charge in [-0.05, 0) is 65.9 Å². The Morgan fingerprint density at radius 2 is 1.35 bits per heavy atom. The number of esters is 3. The first-order chi connectivity index (χ1) is 32.9. The number of hydrogen-bond acceptors (Lipinski definition) is 14. The van der Waals surface area contributed by atoms with Crippen LogP contribution in [0.4, 0.5) is 4.79 Å². The van der Waals surface area contributed by atoms with Crippen molar-refractivity contribution in [1.29, 1.82) is 0 Å². The molecule has 1 rings (SSSR count). The molecule has 0 unspecified atom stereocenters. The highest BCUT2D eigenvalue weighted by atomic mass is 35.6. The molecule has 22 heteroatoms. The van der Waals surface area contributed by atoms with Crippen LogP contribution in [0.5, 0.6) is 0 Å². The van der Waals surface area contributed by atoms with Crippen LogP contribution in [0.15, 0.2) is 54.1 Å². The van der Waals surface area contributed by atoms with E-state index in [-0.39, 0.29) is 18.4 Å². The first-order valence-electron chi connectivity index (χ1n) is 23.0. The highest BCUT2D eigenvalue weighted by Gasteiger charge is 2.40. The summed E-state index contributed by atoms with van der Waals surface area (Å²) in [5.74, 6) is -9.19. The average molecular weight is 1060 g/mol. The van der Waals surface area contributed by atoms with Crippen LogP contribution in [0.2, 0.25) is 0 Å². The van der Waals surface area contributed by atoms with Gasteiger partial charge >= 0.3 is 24.0 Å². The van der Waals surface area contributed by atoms with Gasteiger partial charge in [0.1, 0.15) is 36.4 Å². The molecule has 1 aromatic rings. The number of methoxy groups -OCH3 is 3. The number of allylic oxidation sites excluding steroid dienone is 2. The second-order valence-electron chi connectivity index (χ2n) is 18.6. The molecule has 0 aromatic heterocycles. The predicted octanol–water partition coefficient (Wildman–Crippen LogP) is 4.91. The number of alkyl halides is 3. The first-order valence-corrected chi connectivity index (χ1v) is 24.2. The van der Waals surface area contributed by atoms with Crippen molar-refractivity contribution in [2.45, 2.75) is 140 Å². The van der Waals surface area contributed by atoms with Crippen LogP contribution in [-0.2, 0) is 63.7 Å². The Morgan fingerprint density at radius 1 is 0.761 bits per heavy atom. The summed E-state index contributed by atoms with van der Waals surface area (Å²) in [7, 11) is 4.92. The number of hydrogen-bond donors (Lipinski definition) is 5. The Kier molecular flexibility index (Phi) is 27.2. The van der Waals surface area contributed by atoms with E-state index >= 15 is 0 Å². The van der Waals surface area contributed by atoms with Gasteiger partial charge in [-0.3, -0.25) is 24.0 Å². The number of amides is 5. The number of alkyl carbamates (subject to hydrolysis) is 1. The summed E-state index contributed by atoms with van der Waals surface area (Å²) in [6, 6.07) is 3.02. The molecular formula is C49H74Cl3N5O14. The summed E-state index contributed by atoms with van der Waals surface area (Å²) in [4.78, 5) is 108. The number of nitrogens with zero attached hydrogens (tertiary/aromatic N) is 1. The second-order valence-corrected chi connectivity index (χ2v) is 21.1. The van der Waals surface area contributed by atoms with Gasteiger partial charge in [0.2, 0.25) is 27.4 Å². The number of ether oxygens (including phenoxy) is 5. The van der Waals surface area contributed by atoms with Crippen molar-refractivity contribution in [2.75, 3.05) is 35.0 Å². The maximum Gasteiger partial charge on any atom is 0.408 e. The largest absolute Gasteiger partial charge is 0.467 e. The summed E-state index contributed by atoms with van der Waals surface area (Å²) >= 11 is 17.0. The molecule has 0 aliphatic rings. The summed E-state index contributed by atoms with van der Waals surface area (Å²) < 4.78 is 23.9. The highest BCUT2D eigenvalue weighted by Crippen LogP contribution is 2.27. The fourth-order valence-electron chi connectivity index (χ4n) is 7.08. The topological polar surface area (TPSA) is 254 Å². The number of likely N-dealkylation sites (N-methyl/N-ethyl adjacent to an activating group) is 1. The van der Waals surface area contributed by atoms with Crippen LogP contribution < -0.4 is 21.3 Å². The van der Waals surface area contributed by atoms with Crippen LogP contribution in [0.3, 0.4) is 0 Å². The zero-order chi connectivity index (χ0) is 54.6. The van der Waals surface area contributed by atoms with Gasteiger partial charge in [-0.25, -0.2) is 14.4 Å². The molecule has 10 atom stereocenters. The lowest BCUT2D eigenvalue weighted by atomic mass is 9.94. The number of benzene rings is 1. The van der Waals surface area contributed by atoms with E-state index in [1.165, 1.54) is 27.8 Å². The molecule has 19 nitrogen and oxygen atoms in total. The number of carbonyl (C=O) groups excluding carboxylic acids is 8. The monoisotopic (exact) mass is 1060 g/mol. The van der Waals surface area contributed by atoms with Gasteiger partial charge < -0.3 is 55.0 Å². The Morgan fingerprint density at radius 3 is 1.86 bits per heavy atom. The van der Waals surface area contributed by atoms with Crippen LogP contribution in [0.25, 0.3) is 0 Å². The lowest BCUT2D eigenvalue weighted by molar-refractivity contribution is -0.157. The minimum absolute atomic E-state index is 0.0625. The normalized spacial score (nSPS) is 16.4. The smallest absolute Gasteiger partial charge is 0.408 e. The van der Waals surface area contributed by atoms with Crippen molar-refractivity contribution < 1.29 is 67.1 Å². The SMILES string of the molecule is COC(=O)[C@@H](CCC(=O)N(C)[C@@H](C(=O)N[C@@H](C(=O)OC)[C@H](C)C(=O)OCC(Cl)(Cl)Cl)[C@H](C)O)NC(=O)[C@@H](C)[C@H](/C=C/C(C)=C/[C@H](C)[C@H](Cc1ccccc1)OC)NC(=O)[C@@H](NC(=O)OC(C)(C)C)C(C)C. The lowest BCUT2D eigenvalue weighted by Gasteiger charge is -2.32. The highest BCUT2D eigenvalue weighted by molar-refractivity contribution is 6.67. The maximum atomic E-state index is 14.1. The van der Waals surface area contributed by atoms with Gasteiger partial charge in [0, 0.05) is 26.5 Å². The molecule has 0 aliphatic heterocycles. The number of aliphatic hydroxyl groups is 1. The minimum atomic E-state index is -1.97. The Hall–Kier alpha value is -4.95. The van der Waals surface area contributed by atoms with E-state index in [1.54, 1.807) is 53.9 Å². The van der Waals surface area contributed by atoms with Crippen molar-refractivity contribution in [3.8, 4) is 0 Å². The van der Waals surface area contributed by atoms with Crippen LogP contribution >= 0.6 is 34.8 Å². The summed E-state index contributed by atoms with van der Waals surface area (Å²) in [5.41, 5.74) is 1.03. The molecule has 0 saturated carbocycles. The van der Waals surface area contributed by atoms with Crippen LogP contribution in [-0.4, -0.2) is 144 Å². The molecular weight excluding hydrogens is 989 g/mol. The second kappa shape index (κ2) is 30.2. The zero-order valence-electron chi connectivity index (χ0n) is 43.1. The Bertz CT molecular complexity index is 2010. The quantitative estimate of drug-likeness (QED) is 0.0358. The third-order valence-electron chi connectivity index (χ3n) is 11.1. The standard InChI is InChI=1S/C49H74Cl3N5O14/c1-27(2)38(56-47(66)71-48(8,9)10)42(61)53-34(21-20-28(3)24-29(4)36(67-12)25-33-18-16-15-17-19-33)30(5)41(60)54-35(45(64)68-13)22-23-37(59)57(11)40(32(7)58)43(62)55-39(46(65)69-14)31(6)44(63)70-26-49(50,51)52/h15-21,24,27,29-32,34-36,38-40,58H,22-23,25-26H2,1-14H3,(H,53,61)(H,54,60)(H,55,62)(H,56,66)/b21-20+,28-24+/t29-,30-,31-,32-,34-,35+,36-,38-,39+,40+/m0/s1. The van der Waals surface area contributed by atoms with E-state index in [0.717, 1.165) is 30.3 Å². The van der Waals surface area contributed by atoms with Gasteiger partial charge in [-0.2, -0.15) is 0 Å². The summed E-state index contributed by atoms with van der Waals surface area (Å²) in [5, 5.41) is 21.1. The molecule has 0 spiro atoms. The molecule has 400 valence electrons. The van der Waals surface area contributed by atoms with E-state index in [0.29, 0.717) is 6.42 Å². The van der Waals surface area contributed by atoms with Crippen molar-refractivity contribution in [1.82, 2.24) is 26.2 Å². The summed E-state index contributed by atoms with van der Waals surface area (Å²) in [6.07, 6.45) is 2.63. The molecule has 0 bridgehead atoms. The third-order valence-corrected chi connectivity index (χ3v) is 11.5. The predicted molar refractivity (Wildman–Crippen MR) is 268 cm³/mol. The molecule has 0 radical (unpaired) electrons. The fourth-order valence-corrected chi connectivity index (χ4v) is 7.24. The average Bonchev–Trinajstić information content (AvgIpc) is 3.28. The molecule has 71 heavy (non-hydrogen) atoms. The molecule has 5 amide bonds. The van der Waals surface area contributed by atoms with Crippen molar-refractivity contribution in [3.05, 3.63) is 59.7 Å². The first kappa shape index (κ1) is 64.1. The van der Waals surface area contributed by atoms with E-state index in [1.807, 2.05) is 50.3 Å². The zero-order valence-corrected chi connectivity index (χ0v) is 45.4.